The molecule has 132 valence electrons. The van der Waals surface area contributed by atoms with E-state index >= 15 is 0 Å². The van der Waals surface area contributed by atoms with E-state index in [4.69, 9.17) is 9.47 Å². The first-order valence-corrected chi connectivity index (χ1v) is 8.56. The lowest BCUT2D eigenvalue weighted by atomic mass is 10.1. The number of ether oxygens (including phenoxy) is 2. The van der Waals surface area contributed by atoms with Crippen molar-refractivity contribution in [3.8, 4) is 28.5 Å². The molecule has 1 atom stereocenters. The van der Waals surface area contributed by atoms with E-state index < -0.39 is 0 Å². The lowest BCUT2D eigenvalue weighted by molar-refractivity contribution is -0.119. The summed E-state index contributed by atoms with van der Waals surface area (Å²) in [5.41, 5.74) is 2.02. The van der Waals surface area contributed by atoms with Crippen LogP contribution in [0, 0.1) is 0 Å². The molecule has 0 bridgehead atoms. The van der Waals surface area contributed by atoms with Gasteiger partial charge >= 0.3 is 0 Å². The van der Waals surface area contributed by atoms with Gasteiger partial charge < -0.3 is 14.8 Å². The van der Waals surface area contributed by atoms with Crippen molar-refractivity contribution in [2.75, 3.05) is 6.61 Å². The highest BCUT2D eigenvalue weighted by Crippen LogP contribution is 2.26. The molecule has 4 rings (SSSR count). The van der Waals surface area contributed by atoms with E-state index in [1.807, 2.05) is 54.6 Å². The van der Waals surface area contributed by atoms with E-state index in [1.54, 1.807) is 6.20 Å². The third-order valence-corrected chi connectivity index (χ3v) is 4.26. The van der Waals surface area contributed by atoms with Gasteiger partial charge in [0, 0.05) is 12.6 Å². The predicted molar refractivity (Wildman–Crippen MR) is 97.2 cm³/mol. The van der Waals surface area contributed by atoms with E-state index in [0.717, 1.165) is 34.9 Å². The molecule has 2 N–H and O–H groups in total. The standard InChI is InChI=1S/C20H19N3O3/c24-20-10-3-15(22-20)13-25-16-6-8-18(9-7-16)26-17-4-1-14(2-5-17)19-11-12-21-23-19/h1-2,4-9,11-12,15H,3,10,13H2,(H,21,23)(H,22,24)/t15-/m1/s1. The van der Waals surface area contributed by atoms with E-state index in [9.17, 15) is 4.79 Å². The average molecular weight is 349 g/mol. The van der Waals surface area contributed by atoms with E-state index in [1.165, 1.54) is 0 Å². The van der Waals surface area contributed by atoms with Crippen LogP contribution in [-0.2, 0) is 4.79 Å². The summed E-state index contributed by atoms with van der Waals surface area (Å²) in [5.74, 6) is 2.35. The number of aromatic amines is 1. The van der Waals surface area contributed by atoms with Crippen molar-refractivity contribution in [3.05, 3.63) is 60.8 Å². The summed E-state index contributed by atoms with van der Waals surface area (Å²) in [6.07, 6.45) is 3.14. The molecule has 1 fully saturated rings. The fraction of sp³-hybridized carbons (Fsp3) is 0.200. The SMILES string of the molecule is O=C1CC[C@H](COc2ccc(Oc3ccc(-c4ccn[nH]4)cc3)cc2)N1. The third-order valence-electron chi connectivity index (χ3n) is 4.26. The molecule has 6 heteroatoms. The number of hydrogen-bond donors (Lipinski definition) is 2. The Bertz CT molecular complexity index is 858. The average Bonchev–Trinajstić information content (AvgIpc) is 3.34. The number of amides is 1. The summed E-state index contributed by atoms with van der Waals surface area (Å²) >= 11 is 0. The van der Waals surface area contributed by atoms with E-state index in [-0.39, 0.29) is 11.9 Å². The maximum atomic E-state index is 11.2. The van der Waals surface area contributed by atoms with Crippen LogP contribution >= 0.6 is 0 Å². The molecule has 0 saturated carbocycles. The van der Waals surface area contributed by atoms with Crippen LogP contribution in [0.15, 0.2) is 60.8 Å². The second kappa shape index (κ2) is 7.31. The van der Waals surface area contributed by atoms with Crippen molar-refractivity contribution in [2.24, 2.45) is 0 Å². The third kappa shape index (κ3) is 3.85. The van der Waals surface area contributed by atoms with Crippen molar-refractivity contribution in [1.29, 1.82) is 0 Å². The first kappa shape index (κ1) is 16.2. The van der Waals surface area contributed by atoms with Gasteiger partial charge in [0.05, 0.1) is 11.7 Å². The highest BCUT2D eigenvalue weighted by molar-refractivity contribution is 5.78. The highest BCUT2D eigenvalue weighted by atomic mass is 16.5. The number of rotatable bonds is 6. The van der Waals surface area contributed by atoms with Crippen molar-refractivity contribution >= 4 is 5.91 Å². The first-order valence-electron chi connectivity index (χ1n) is 8.56. The Morgan fingerprint density at radius 3 is 2.27 bits per heavy atom. The summed E-state index contributed by atoms with van der Waals surface area (Å²) in [6.45, 7) is 0.487. The Hall–Kier alpha value is -3.28. The van der Waals surface area contributed by atoms with Gasteiger partial charge in [-0.05, 0) is 66.6 Å². The quantitative estimate of drug-likeness (QED) is 0.714. The Morgan fingerprint density at radius 2 is 1.65 bits per heavy atom. The van der Waals surface area contributed by atoms with Crippen molar-refractivity contribution in [1.82, 2.24) is 15.5 Å². The number of carbonyl (C=O) groups is 1. The Labute approximate surface area is 151 Å². The number of carbonyl (C=O) groups excluding carboxylic acids is 1. The molecule has 3 aromatic rings. The minimum absolute atomic E-state index is 0.0981. The maximum absolute atomic E-state index is 11.2. The molecular formula is C20H19N3O3. The molecule has 0 aliphatic carbocycles. The predicted octanol–water partition coefficient (Wildman–Crippen LogP) is 3.53. The number of nitrogens with zero attached hydrogens (tertiary/aromatic N) is 1. The summed E-state index contributed by atoms with van der Waals surface area (Å²) in [6, 6.07) is 17.3. The maximum Gasteiger partial charge on any atom is 0.220 e. The molecule has 1 aromatic heterocycles. The molecule has 1 aliphatic rings. The number of hydrogen-bond acceptors (Lipinski definition) is 4. The smallest absolute Gasteiger partial charge is 0.220 e. The summed E-state index contributed by atoms with van der Waals surface area (Å²) < 4.78 is 11.6. The van der Waals surface area contributed by atoms with Gasteiger partial charge in [-0.25, -0.2) is 0 Å². The lowest BCUT2D eigenvalue weighted by Gasteiger charge is -2.12. The molecule has 1 amide bonds. The molecule has 1 saturated heterocycles. The van der Waals surface area contributed by atoms with Crippen molar-refractivity contribution < 1.29 is 14.3 Å². The molecule has 1 aliphatic heterocycles. The van der Waals surface area contributed by atoms with E-state index in [2.05, 4.69) is 15.5 Å². The molecule has 0 spiro atoms. The topological polar surface area (TPSA) is 76.2 Å². The van der Waals surface area contributed by atoms with Crippen LogP contribution in [0.25, 0.3) is 11.3 Å². The van der Waals surface area contributed by atoms with Crippen LogP contribution in [0.4, 0.5) is 0 Å². The van der Waals surface area contributed by atoms with Gasteiger partial charge in [-0.15, -0.1) is 0 Å². The van der Waals surface area contributed by atoms with Crippen molar-refractivity contribution in [2.45, 2.75) is 18.9 Å². The minimum atomic E-state index is 0.0981. The fourth-order valence-electron chi connectivity index (χ4n) is 2.86. The second-order valence-electron chi connectivity index (χ2n) is 6.18. The zero-order valence-corrected chi connectivity index (χ0v) is 14.1. The molecule has 26 heavy (non-hydrogen) atoms. The monoisotopic (exact) mass is 349 g/mol. The van der Waals surface area contributed by atoms with Gasteiger partial charge in [-0.3, -0.25) is 9.89 Å². The molecular weight excluding hydrogens is 330 g/mol. The van der Waals surface area contributed by atoms with Crippen LogP contribution < -0.4 is 14.8 Å². The van der Waals surface area contributed by atoms with Gasteiger partial charge in [0.2, 0.25) is 5.91 Å². The largest absolute Gasteiger partial charge is 0.491 e. The Kier molecular flexibility index (Phi) is 4.55. The normalized spacial score (nSPS) is 16.3. The summed E-state index contributed by atoms with van der Waals surface area (Å²) in [5, 5.41) is 9.78. The molecule has 0 unspecified atom stereocenters. The van der Waals surface area contributed by atoms with Crippen LogP contribution in [0.2, 0.25) is 0 Å². The van der Waals surface area contributed by atoms with Crippen molar-refractivity contribution in [3.63, 3.8) is 0 Å². The Morgan fingerprint density at radius 1 is 0.962 bits per heavy atom. The summed E-state index contributed by atoms with van der Waals surface area (Å²) in [7, 11) is 0. The summed E-state index contributed by atoms with van der Waals surface area (Å²) in [4.78, 5) is 11.2. The second-order valence-corrected chi connectivity index (χ2v) is 6.18. The highest BCUT2D eigenvalue weighted by Gasteiger charge is 2.20. The molecule has 0 radical (unpaired) electrons. The van der Waals surface area contributed by atoms with Crippen LogP contribution in [0.1, 0.15) is 12.8 Å². The number of benzene rings is 2. The zero-order valence-electron chi connectivity index (χ0n) is 14.1. The van der Waals surface area contributed by atoms with Gasteiger partial charge in [0.25, 0.3) is 0 Å². The first-order chi connectivity index (χ1) is 12.8. The van der Waals surface area contributed by atoms with Crippen LogP contribution in [0.3, 0.4) is 0 Å². The van der Waals surface area contributed by atoms with Gasteiger partial charge in [-0.1, -0.05) is 0 Å². The Balaban J connectivity index is 1.33. The van der Waals surface area contributed by atoms with Gasteiger partial charge in [-0.2, -0.15) is 5.10 Å². The zero-order chi connectivity index (χ0) is 17.8. The number of H-pyrrole nitrogens is 1. The van der Waals surface area contributed by atoms with Gasteiger partial charge in [0.15, 0.2) is 0 Å². The number of nitrogens with one attached hydrogen (secondary N) is 2. The van der Waals surface area contributed by atoms with Gasteiger partial charge in [0.1, 0.15) is 23.9 Å². The lowest BCUT2D eigenvalue weighted by Crippen LogP contribution is -2.30. The fourth-order valence-corrected chi connectivity index (χ4v) is 2.86. The molecule has 2 heterocycles. The van der Waals surface area contributed by atoms with Crippen LogP contribution in [0.5, 0.6) is 17.2 Å². The van der Waals surface area contributed by atoms with Crippen LogP contribution in [-0.4, -0.2) is 28.8 Å². The number of aromatic nitrogens is 2. The molecule has 6 nitrogen and oxygen atoms in total. The molecule has 2 aromatic carbocycles. The van der Waals surface area contributed by atoms with E-state index in [0.29, 0.717) is 13.0 Å². The minimum Gasteiger partial charge on any atom is -0.491 e.